The van der Waals surface area contributed by atoms with Crippen molar-refractivity contribution in [3.05, 3.63) is 24.0 Å². The van der Waals surface area contributed by atoms with E-state index in [4.69, 9.17) is 11.0 Å². The number of anilines is 1. The Morgan fingerprint density at radius 3 is 2.81 bits per heavy atom. The molecule has 0 amide bonds. The van der Waals surface area contributed by atoms with Crippen LogP contribution in [0.2, 0.25) is 0 Å². The van der Waals surface area contributed by atoms with Crippen LogP contribution in [0.4, 0.5) is 5.69 Å². The van der Waals surface area contributed by atoms with Crippen LogP contribution in [0.3, 0.4) is 0 Å². The van der Waals surface area contributed by atoms with E-state index in [0.29, 0.717) is 11.7 Å². The largest absolute Gasteiger partial charge is 0.380 e. The van der Waals surface area contributed by atoms with Crippen LogP contribution in [0.1, 0.15) is 31.4 Å². The Kier molecular flexibility index (Phi) is 3.37. The molecule has 0 bridgehead atoms. The molecule has 0 aromatic carbocycles. The molecule has 0 saturated heterocycles. The normalized spacial score (nSPS) is 24.8. The highest BCUT2D eigenvalue weighted by atomic mass is 15.0. The first-order chi connectivity index (χ1) is 7.79. The summed E-state index contributed by atoms with van der Waals surface area (Å²) >= 11 is 0. The molecule has 0 spiro atoms. The van der Waals surface area contributed by atoms with E-state index in [9.17, 15) is 0 Å². The number of nitrogens with one attached hydrogen (secondary N) is 1. The number of nitrogens with zero attached hydrogens (tertiary/aromatic N) is 2. The van der Waals surface area contributed by atoms with Crippen molar-refractivity contribution in [1.29, 1.82) is 5.26 Å². The summed E-state index contributed by atoms with van der Waals surface area (Å²) in [4.78, 5) is 4.02. The van der Waals surface area contributed by atoms with E-state index in [1.807, 2.05) is 12.1 Å². The van der Waals surface area contributed by atoms with Crippen molar-refractivity contribution in [3.63, 3.8) is 0 Å². The van der Waals surface area contributed by atoms with Crippen molar-refractivity contribution < 1.29 is 0 Å². The Bertz CT molecular complexity index is 379. The molecule has 4 heteroatoms. The lowest BCUT2D eigenvalue weighted by molar-refractivity contribution is 0.404. The van der Waals surface area contributed by atoms with Gasteiger partial charge in [0.1, 0.15) is 11.8 Å². The fourth-order valence-corrected chi connectivity index (χ4v) is 2.10. The molecule has 2 unspecified atom stereocenters. The average molecular weight is 216 g/mol. The van der Waals surface area contributed by atoms with Crippen LogP contribution in [0.25, 0.3) is 0 Å². The van der Waals surface area contributed by atoms with Gasteiger partial charge in [-0.15, -0.1) is 0 Å². The molecule has 0 radical (unpaired) electrons. The first kappa shape index (κ1) is 10.9. The van der Waals surface area contributed by atoms with Gasteiger partial charge in [0, 0.05) is 12.1 Å². The van der Waals surface area contributed by atoms with Crippen molar-refractivity contribution in [1.82, 2.24) is 4.98 Å². The zero-order valence-electron chi connectivity index (χ0n) is 9.19. The molecule has 3 N–H and O–H groups in total. The second kappa shape index (κ2) is 4.95. The molecule has 1 aromatic rings. The molecule has 2 atom stereocenters. The van der Waals surface area contributed by atoms with Crippen LogP contribution in [-0.4, -0.2) is 17.1 Å². The summed E-state index contributed by atoms with van der Waals surface area (Å²) in [5.74, 6) is 0. The van der Waals surface area contributed by atoms with E-state index in [1.165, 1.54) is 12.8 Å². The highest BCUT2D eigenvalue weighted by Gasteiger charge is 2.21. The van der Waals surface area contributed by atoms with E-state index in [-0.39, 0.29) is 6.04 Å². The van der Waals surface area contributed by atoms with Crippen molar-refractivity contribution in [2.45, 2.75) is 37.8 Å². The third-order valence-corrected chi connectivity index (χ3v) is 3.05. The van der Waals surface area contributed by atoms with Gasteiger partial charge in [-0.05, 0) is 25.0 Å². The van der Waals surface area contributed by atoms with E-state index in [0.717, 1.165) is 18.5 Å². The topological polar surface area (TPSA) is 74.7 Å². The second-order valence-electron chi connectivity index (χ2n) is 4.24. The van der Waals surface area contributed by atoms with Crippen molar-refractivity contribution in [2.24, 2.45) is 5.73 Å². The highest BCUT2D eigenvalue weighted by Crippen LogP contribution is 2.20. The van der Waals surface area contributed by atoms with Gasteiger partial charge in [0.2, 0.25) is 0 Å². The summed E-state index contributed by atoms with van der Waals surface area (Å²) in [6, 6.07) is 6.17. The first-order valence-electron chi connectivity index (χ1n) is 5.68. The van der Waals surface area contributed by atoms with Gasteiger partial charge < -0.3 is 11.1 Å². The van der Waals surface area contributed by atoms with Gasteiger partial charge in [0.15, 0.2) is 0 Å². The first-order valence-corrected chi connectivity index (χ1v) is 5.68. The van der Waals surface area contributed by atoms with Crippen molar-refractivity contribution in [2.75, 3.05) is 5.32 Å². The van der Waals surface area contributed by atoms with Crippen LogP contribution < -0.4 is 11.1 Å². The fourth-order valence-electron chi connectivity index (χ4n) is 2.10. The molecule has 1 saturated carbocycles. The number of hydrogen-bond acceptors (Lipinski definition) is 4. The summed E-state index contributed by atoms with van der Waals surface area (Å²) in [6.07, 6.45) is 6.35. The van der Waals surface area contributed by atoms with Gasteiger partial charge in [-0.3, -0.25) is 0 Å². The lowest BCUT2D eigenvalue weighted by Crippen LogP contribution is -2.42. The molecule has 1 heterocycles. The van der Waals surface area contributed by atoms with E-state index < -0.39 is 0 Å². The van der Waals surface area contributed by atoms with Gasteiger partial charge in [-0.1, -0.05) is 12.8 Å². The maximum Gasteiger partial charge on any atom is 0.140 e. The molecule has 2 rings (SSSR count). The minimum absolute atomic E-state index is 0.226. The summed E-state index contributed by atoms with van der Waals surface area (Å²) in [7, 11) is 0. The SMILES string of the molecule is N#Cc1ccc(NC2CCCCC2N)cn1. The molecule has 1 aliphatic rings. The predicted octanol–water partition coefficient (Wildman–Crippen LogP) is 1.64. The maximum atomic E-state index is 8.64. The minimum Gasteiger partial charge on any atom is -0.380 e. The van der Waals surface area contributed by atoms with Gasteiger partial charge in [0.25, 0.3) is 0 Å². The Morgan fingerprint density at radius 2 is 2.19 bits per heavy atom. The Hall–Kier alpha value is -1.60. The van der Waals surface area contributed by atoms with Crippen molar-refractivity contribution >= 4 is 5.69 Å². The number of aromatic nitrogens is 1. The lowest BCUT2D eigenvalue weighted by atomic mass is 9.91. The van der Waals surface area contributed by atoms with Gasteiger partial charge in [0.05, 0.1) is 11.9 Å². The number of nitriles is 1. The van der Waals surface area contributed by atoms with Crippen LogP contribution in [-0.2, 0) is 0 Å². The minimum atomic E-state index is 0.226. The quantitative estimate of drug-likeness (QED) is 0.788. The van der Waals surface area contributed by atoms with Gasteiger partial charge in [-0.25, -0.2) is 4.98 Å². The highest BCUT2D eigenvalue weighted by molar-refractivity contribution is 5.44. The number of hydrogen-bond donors (Lipinski definition) is 2. The molecule has 4 nitrogen and oxygen atoms in total. The third-order valence-electron chi connectivity index (χ3n) is 3.05. The smallest absolute Gasteiger partial charge is 0.140 e. The molecule has 1 fully saturated rings. The molecule has 1 aliphatic carbocycles. The van der Waals surface area contributed by atoms with Crippen LogP contribution in [0.15, 0.2) is 18.3 Å². The summed E-state index contributed by atoms with van der Waals surface area (Å²) in [6.45, 7) is 0. The standard InChI is InChI=1S/C12H16N4/c13-7-9-5-6-10(8-15-9)16-12-4-2-1-3-11(12)14/h5-6,8,11-12,16H,1-4,14H2. The maximum absolute atomic E-state index is 8.64. The molecule has 16 heavy (non-hydrogen) atoms. The van der Waals surface area contributed by atoms with Crippen LogP contribution >= 0.6 is 0 Å². The second-order valence-corrected chi connectivity index (χ2v) is 4.24. The van der Waals surface area contributed by atoms with E-state index >= 15 is 0 Å². The Labute approximate surface area is 95.5 Å². The number of rotatable bonds is 2. The molecule has 0 aliphatic heterocycles. The number of pyridine rings is 1. The average Bonchev–Trinajstić information content (AvgIpc) is 2.33. The van der Waals surface area contributed by atoms with Gasteiger partial charge in [-0.2, -0.15) is 5.26 Å². The van der Waals surface area contributed by atoms with Gasteiger partial charge >= 0.3 is 0 Å². The van der Waals surface area contributed by atoms with Crippen molar-refractivity contribution in [3.8, 4) is 6.07 Å². The Morgan fingerprint density at radius 1 is 1.38 bits per heavy atom. The summed E-state index contributed by atoms with van der Waals surface area (Å²) in [5.41, 5.74) is 7.44. The summed E-state index contributed by atoms with van der Waals surface area (Å²) in [5, 5.41) is 12.0. The molecular weight excluding hydrogens is 200 g/mol. The zero-order valence-corrected chi connectivity index (χ0v) is 9.19. The Balaban J connectivity index is 2.00. The predicted molar refractivity (Wildman–Crippen MR) is 62.8 cm³/mol. The van der Waals surface area contributed by atoms with Crippen LogP contribution in [0.5, 0.6) is 0 Å². The lowest BCUT2D eigenvalue weighted by Gasteiger charge is -2.30. The monoisotopic (exact) mass is 216 g/mol. The van der Waals surface area contributed by atoms with E-state index in [1.54, 1.807) is 12.3 Å². The third kappa shape index (κ3) is 2.50. The molecular formula is C12H16N4. The zero-order chi connectivity index (χ0) is 11.4. The molecule has 84 valence electrons. The molecule has 1 aromatic heterocycles. The fraction of sp³-hybridized carbons (Fsp3) is 0.500. The number of nitrogens with two attached hydrogens (primary N) is 1. The summed E-state index contributed by atoms with van der Waals surface area (Å²) < 4.78 is 0. The van der Waals surface area contributed by atoms with E-state index in [2.05, 4.69) is 10.3 Å². The van der Waals surface area contributed by atoms with Crippen LogP contribution in [0, 0.1) is 11.3 Å².